The smallest absolute Gasteiger partial charge is 0.0972 e. The summed E-state index contributed by atoms with van der Waals surface area (Å²) in [7, 11) is 0. The average Bonchev–Trinajstić information content (AvgIpc) is 3.00. The lowest BCUT2D eigenvalue weighted by atomic mass is 9.86. The van der Waals surface area contributed by atoms with Crippen LogP contribution in [0.15, 0.2) is 134 Å². The van der Waals surface area contributed by atoms with E-state index >= 15 is 0 Å². The fourth-order valence-electron chi connectivity index (χ4n) is 6.02. The largest absolute Gasteiger partial charge is 0.255 e. The van der Waals surface area contributed by atoms with Crippen molar-refractivity contribution in [3.05, 3.63) is 134 Å². The first-order valence-electron chi connectivity index (χ1n) is 12.9. The van der Waals surface area contributed by atoms with Crippen molar-refractivity contribution in [1.29, 1.82) is 0 Å². The number of aromatic nitrogens is 2. The van der Waals surface area contributed by atoms with E-state index in [4.69, 9.17) is 9.97 Å². The monoisotopic (exact) mass is 482 g/mol. The standard InChI is InChI=1S/C36H22N2/c1-2-9-23(10-3-1)32-21-20-31(36(38-32)33-17-4-5-22-37-33)25-18-19-30-28-14-7-12-24-11-6-13-27(34(24)28)29-16-8-15-26(25)35(29)30/h1-22H. The summed E-state index contributed by atoms with van der Waals surface area (Å²) in [5.74, 6) is 0. The van der Waals surface area contributed by atoms with Gasteiger partial charge >= 0.3 is 0 Å². The van der Waals surface area contributed by atoms with E-state index in [0.717, 1.165) is 28.2 Å². The fraction of sp³-hybridized carbons (Fsp3) is 0. The lowest BCUT2D eigenvalue weighted by molar-refractivity contribution is 1.25. The van der Waals surface area contributed by atoms with Crippen molar-refractivity contribution in [2.24, 2.45) is 0 Å². The maximum absolute atomic E-state index is 5.18. The van der Waals surface area contributed by atoms with E-state index in [1.807, 2.05) is 30.5 Å². The van der Waals surface area contributed by atoms with Gasteiger partial charge in [-0.2, -0.15) is 0 Å². The van der Waals surface area contributed by atoms with Gasteiger partial charge in [-0.05, 0) is 72.9 Å². The highest BCUT2D eigenvalue weighted by Gasteiger charge is 2.18. The fourth-order valence-corrected chi connectivity index (χ4v) is 6.02. The highest BCUT2D eigenvalue weighted by atomic mass is 14.8. The van der Waals surface area contributed by atoms with Gasteiger partial charge in [-0.15, -0.1) is 0 Å². The molecule has 0 unspecified atom stereocenters. The normalized spacial score (nSPS) is 11.7. The first kappa shape index (κ1) is 21.0. The van der Waals surface area contributed by atoms with Crippen LogP contribution < -0.4 is 0 Å². The molecule has 0 bridgehead atoms. The van der Waals surface area contributed by atoms with Gasteiger partial charge in [0.25, 0.3) is 0 Å². The molecular weight excluding hydrogens is 460 g/mol. The van der Waals surface area contributed by atoms with Crippen LogP contribution in [0.2, 0.25) is 0 Å². The Hall–Kier alpha value is -5.08. The van der Waals surface area contributed by atoms with Crippen LogP contribution in [0, 0.1) is 0 Å². The van der Waals surface area contributed by atoms with E-state index < -0.39 is 0 Å². The molecule has 0 spiro atoms. The molecule has 176 valence electrons. The molecule has 8 rings (SSSR count). The minimum Gasteiger partial charge on any atom is -0.255 e. The molecule has 2 heterocycles. The maximum Gasteiger partial charge on any atom is 0.0972 e. The van der Waals surface area contributed by atoms with E-state index in [2.05, 4.69) is 103 Å². The van der Waals surface area contributed by atoms with Crippen molar-refractivity contribution in [2.75, 3.05) is 0 Å². The summed E-state index contributed by atoms with van der Waals surface area (Å²) in [5, 5.41) is 10.3. The number of hydrogen-bond acceptors (Lipinski definition) is 2. The third kappa shape index (κ3) is 3.07. The molecule has 2 heteroatoms. The molecule has 0 atom stereocenters. The quantitative estimate of drug-likeness (QED) is 0.185. The van der Waals surface area contributed by atoms with E-state index in [1.54, 1.807) is 0 Å². The van der Waals surface area contributed by atoms with Crippen LogP contribution in [0.25, 0.3) is 76.9 Å². The van der Waals surface area contributed by atoms with Gasteiger partial charge < -0.3 is 0 Å². The second-order valence-corrected chi connectivity index (χ2v) is 9.77. The maximum atomic E-state index is 5.18. The molecule has 0 fully saturated rings. The molecule has 2 aromatic heterocycles. The molecule has 0 aliphatic rings. The van der Waals surface area contributed by atoms with E-state index in [0.29, 0.717) is 0 Å². The SMILES string of the molecule is c1ccc(-c2ccc(-c3ccc4c5cccc6cccc(c7cccc3c74)c65)c(-c3ccccn3)n2)cc1. The van der Waals surface area contributed by atoms with Crippen LogP contribution in [0.1, 0.15) is 0 Å². The lowest BCUT2D eigenvalue weighted by Crippen LogP contribution is -1.95. The molecule has 0 radical (unpaired) electrons. The summed E-state index contributed by atoms with van der Waals surface area (Å²) in [6.45, 7) is 0. The number of fused-ring (bicyclic) bond motifs is 2. The van der Waals surface area contributed by atoms with Crippen LogP contribution in [-0.4, -0.2) is 9.97 Å². The molecule has 38 heavy (non-hydrogen) atoms. The summed E-state index contributed by atoms with van der Waals surface area (Å²) < 4.78 is 0. The Labute approximate surface area is 220 Å². The summed E-state index contributed by atoms with van der Waals surface area (Å²) in [4.78, 5) is 9.89. The molecular formula is C36H22N2. The zero-order chi connectivity index (χ0) is 25.1. The predicted molar refractivity (Wildman–Crippen MR) is 160 cm³/mol. The second kappa shape index (κ2) is 8.22. The molecule has 0 aliphatic heterocycles. The first-order chi connectivity index (χ1) is 18.9. The van der Waals surface area contributed by atoms with E-state index in [1.165, 1.54) is 48.7 Å². The van der Waals surface area contributed by atoms with Gasteiger partial charge in [0.2, 0.25) is 0 Å². The minimum absolute atomic E-state index is 0.871. The summed E-state index contributed by atoms with van der Waals surface area (Å²) in [6.07, 6.45) is 1.84. The van der Waals surface area contributed by atoms with Crippen molar-refractivity contribution in [3.63, 3.8) is 0 Å². The summed E-state index contributed by atoms with van der Waals surface area (Å²) >= 11 is 0. The molecule has 0 saturated carbocycles. The van der Waals surface area contributed by atoms with Crippen molar-refractivity contribution >= 4 is 43.1 Å². The minimum atomic E-state index is 0.871. The van der Waals surface area contributed by atoms with Crippen LogP contribution >= 0.6 is 0 Å². The number of nitrogens with zero attached hydrogens (tertiary/aromatic N) is 2. The molecule has 0 amide bonds. The molecule has 0 N–H and O–H groups in total. The van der Waals surface area contributed by atoms with Gasteiger partial charge in [0.05, 0.1) is 17.1 Å². The predicted octanol–water partition coefficient (Wildman–Crippen LogP) is 9.53. The zero-order valence-electron chi connectivity index (χ0n) is 20.6. The third-order valence-corrected chi connectivity index (χ3v) is 7.69. The Kier molecular flexibility index (Phi) is 4.55. The number of hydrogen-bond donors (Lipinski definition) is 0. The van der Waals surface area contributed by atoms with Crippen molar-refractivity contribution in [1.82, 2.24) is 9.97 Å². The molecule has 0 saturated heterocycles. The van der Waals surface area contributed by atoms with E-state index in [-0.39, 0.29) is 0 Å². The second-order valence-electron chi connectivity index (χ2n) is 9.77. The Morgan fingerprint density at radius 2 is 1.05 bits per heavy atom. The summed E-state index contributed by atoms with van der Waals surface area (Å²) in [5.41, 5.74) is 6.06. The zero-order valence-corrected chi connectivity index (χ0v) is 20.6. The Morgan fingerprint density at radius 1 is 0.395 bits per heavy atom. The Balaban J connectivity index is 1.47. The van der Waals surface area contributed by atoms with Gasteiger partial charge in [-0.1, -0.05) is 103 Å². The van der Waals surface area contributed by atoms with Crippen molar-refractivity contribution in [2.45, 2.75) is 0 Å². The Bertz CT molecular complexity index is 2060. The molecule has 0 aliphatic carbocycles. The van der Waals surface area contributed by atoms with Crippen LogP contribution in [-0.2, 0) is 0 Å². The number of pyridine rings is 2. The lowest BCUT2D eigenvalue weighted by Gasteiger charge is -2.18. The van der Waals surface area contributed by atoms with Gasteiger partial charge in [0, 0.05) is 17.3 Å². The highest BCUT2D eigenvalue weighted by Crippen LogP contribution is 2.44. The van der Waals surface area contributed by atoms with Gasteiger partial charge in [0.15, 0.2) is 0 Å². The average molecular weight is 483 g/mol. The first-order valence-corrected chi connectivity index (χ1v) is 12.9. The Morgan fingerprint density at radius 3 is 1.82 bits per heavy atom. The van der Waals surface area contributed by atoms with Gasteiger partial charge in [0.1, 0.15) is 0 Å². The topological polar surface area (TPSA) is 25.8 Å². The molecule has 6 aromatic carbocycles. The van der Waals surface area contributed by atoms with Crippen molar-refractivity contribution in [3.8, 4) is 33.8 Å². The van der Waals surface area contributed by atoms with E-state index in [9.17, 15) is 0 Å². The third-order valence-electron chi connectivity index (χ3n) is 7.69. The van der Waals surface area contributed by atoms with Crippen LogP contribution in [0.5, 0.6) is 0 Å². The van der Waals surface area contributed by atoms with Crippen LogP contribution in [0.3, 0.4) is 0 Å². The molecule has 8 aromatic rings. The number of benzene rings is 6. The van der Waals surface area contributed by atoms with Gasteiger partial charge in [-0.25, -0.2) is 4.98 Å². The molecule has 2 nitrogen and oxygen atoms in total. The number of rotatable bonds is 3. The van der Waals surface area contributed by atoms with Crippen molar-refractivity contribution < 1.29 is 0 Å². The highest BCUT2D eigenvalue weighted by molar-refractivity contribution is 6.34. The summed E-state index contributed by atoms with van der Waals surface area (Å²) in [6, 6.07) is 45.2. The van der Waals surface area contributed by atoms with Crippen LogP contribution in [0.4, 0.5) is 0 Å². The van der Waals surface area contributed by atoms with Gasteiger partial charge in [-0.3, -0.25) is 4.98 Å².